The molecule has 1 aromatic carbocycles. The van der Waals surface area contributed by atoms with Gasteiger partial charge >= 0.3 is 6.18 Å². The van der Waals surface area contributed by atoms with Gasteiger partial charge in [-0.25, -0.2) is 0 Å². The molecule has 0 unspecified atom stereocenters. The fourth-order valence-electron chi connectivity index (χ4n) is 3.07. The lowest BCUT2D eigenvalue weighted by Crippen LogP contribution is -2.40. The van der Waals surface area contributed by atoms with Gasteiger partial charge in [-0.3, -0.25) is 9.59 Å². The number of amides is 2. The standard InChI is InChI=1S/C20H21F3N2O4/c21-20(22,23)14-25(12-17-4-3-11-28-17)18(26)13-29-16-7-5-15(6-8-16)19(27)24-9-1-2-10-24/h3-8,11H,1-2,9-10,12-14H2. The Morgan fingerprint density at radius 2 is 1.79 bits per heavy atom. The maximum atomic E-state index is 12.8. The number of carbonyl (C=O) groups excluding carboxylic acids is 2. The van der Waals surface area contributed by atoms with E-state index in [1.54, 1.807) is 17.0 Å². The number of ether oxygens (including phenoxy) is 1. The Morgan fingerprint density at radius 3 is 2.38 bits per heavy atom. The molecule has 1 saturated heterocycles. The van der Waals surface area contributed by atoms with E-state index in [1.165, 1.54) is 30.5 Å². The van der Waals surface area contributed by atoms with Crippen molar-refractivity contribution in [3.63, 3.8) is 0 Å². The summed E-state index contributed by atoms with van der Waals surface area (Å²) in [5.74, 6) is -0.357. The van der Waals surface area contributed by atoms with Gasteiger partial charge in [0, 0.05) is 18.7 Å². The summed E-state index contributed by atoms with van der Waals surface area (Å²) in [6, 6.07) is 9.24. The quantitative estimate of drug-likeness (QED) is 0.701. The minimum absolute atomic E-state index is 0.0695. The van der Waals surface area contributed by atoms with Crippen LogP contribution in [0, 0.1) is 0 Å². The molecular weight excluding hydrogens is 389 g/mol. The Balaban J connectivity index is 1.57. The minimum Gasteiger partial charge on any atom is -0.484 e. The average Bonchev–Trinajstić information content (AvgIpc) is 3.38. The predicted molar refractivity (Wildman–Crippen MR) is 97.3 cm³/mol. The number of likely N-dealkylation sites (tertiary alicyclic amines) is 1. The van der Waals surface area contributed by atoms with E-state index in [-0.39, 0.29) is 18.2 Å². The van der Waals surface area contributed by atoms with Crippen LogP contribution in [0.3, 0.4) is 0 Å². The van der Waals surface area contributed by atoms with Gasteiger partial charge in [-0.1, -0.05) is 0 Å². The van der Waals surface area contributed by atoms with Crippen LogP contribution in [0.4, 0.5) is 13.2 Å². The summed E-state index contributed by atoms with van der Waals surface area (Å²) in [4.78, 5) is 27.0. The summed E-state index contributed by atoms with van der Waals surface area (Å²) in [5, 5.41) is 0. The van der Waals surface area contributed by atoms with Gasteiger partial charge in [0.1, 0.15) is 18.1 Å². The second-order valence-electron chi connectivity index (χ2n) is 6.76. The zero-order valence-corrected chi connectivity index (χ0v) is 15.7. The molecule has 1 fully saturated rings. The number of rotatable bonds is 7. The molecule has 2 heterocycles. The number of carbonyl (C=O) groups is 2. The molecule has 0 aliphatic carbocycles. The van der Waals surface area contributed by atoms with Crippen LogP contribution in [0.2, 0.25) is 0 Å². The van der Waals surface area contributed by atoms with Gasteiger partial charge in [-0.05, 0) is 49.2 Å². The molecule has 0 radical (unpaired) electrons. The van der Waals surface area contributed by atoms with E-state index in [9.17, 15) is 22.8 Å². The SMILES string of the molecule is O=C(COc1ccc(C(=O)N2CCCC2)cc1)N(Cc1ccco1)CC(F)(F)F. The fourth-order valence-corrected chi connectivity index (χ4v) is 3.07. The van der Waals surface area contributed by atoms with Crippen molar-refractivity contribution < 1.29 is 31.9 Å². The molecule has 3 rings (SSSR count). The Bertz CT molecular complexity index is 813. The third-order valence-corrected chi connectivity index (χ3v) is 4.51. The molecule has 1 aliphatic heterocycles. The molecule has 6 nitrogen and oxygen atoms in total. The van der Waals surface area contributed by atoms with Gasteiger partial charge in [0.25, 0.3) is 11.8 Å². The second kappa shape index (κ2) is 9.02. The van der Waals surface area contributed by atoms with Crippen LogP contribution < -0.4 is 4.74 Å². The van der Waals surface area contributed by atoms with Gasteiger partial charge in [-0.15, -0.1) is 0 Å². The molecule has 29 heavy (non-hydrogen) atoms. The van der Waals surface area contributed by atoms with Crippen LogP contribution in [0.1, 0.15) is 29.0 Å². The number of hydrogen-bond acceptors (Lipinski definition) is 4. The van der Waals surface area contributed by atoms with Crippen LogP contribution >= 0.6 is 0 Å². The Kier molecular flexibility index (Phi) is 6.46. The van der Waals surface area contributed by atoms with E-state index in [0.717, 1.165) is 25.9 Å². The number of hydrogen-bond donors (Lipinski definition) is 0. The third-order valence-electron chi connectivity index (χ3n) is 4.51. The lowest BCUT2D eigenvalue weighted by atomic mass is 10.2. The number of nitrogens with zero attached hydrogens (tertiary/aromatic N) is 2. The van der Waals surface area contributed by atoms with Gasteiger partial charge in [0.15, 0.2) is 6.61 Å². The smallest absolute Gasteiger partial charge is 0.406 e. The van der Waals surface area contributed by atoms with Crippen molar-refractivity contribution >= 4 is 11.8 Å². The van der Waals surface area contributed by atoms with Crippen molar-refractivity contribution in [3.8, 4) is 5.75 Å². The summed E-state index contributed by atoms with van der Waals surface area (Å²) in [5.41, 5.74) is 0.502. The lowest BCUT2D eigenvalue weighted by Gasteiger charge is -2.23. The maximum Gasteiger partial charge on any atom is 0.406 e. The van der Waals surface area contributed by atoms with Crippen molar-refractivity contribution in [1.29, 1.82) is 0 Å². The summed E-state index contributed by atoms with van der Waals surface area (Å²) < 4.78 is 48.8. The van der Waals surface area contributed by atoms with Crippen LogP contribution in [0.25, 0.3) is 0 Å². The van der Waals surface area contributed by atoms with Crippen molar-refractivity contribution in [2.24, 2.45) is 0 Å². The monoisotopic (exact) mass is 410 g/mol. The zero-order valence-electron chi connectivity index (χ0n) is 15.7. The third kappa shape index (κ3) is 6.00. The van der Waals surface area contributed by atoms with Gasteiger partial charge in [0.05, 0.1) is 12.8 Å². The van der Waals surface area contributed by atoms with E-state index >= 15 is 0 Å². The Labute approximate surface area is 165 Å². The highest BCUT2D eigenvalue weighted by molar-refractivity contribution is 5.94. The predicted octanol–water partition coefficient (Wildman–Crippen LogP) is 3.49. The van der Waals surface area contributed by atoms with E-state index in [2.05, 4.69) is 0 Å². The largest absolute Gasteiger partial charge is 0.484 e. The molecule has 156 valence electrons. The van der Waals surface area contributed by atoms with Crippen molar-refractivity contribution in [2.45, 2.75) is 25.6 Å². The van der Waals surface area contributed by atoms with Gasteiger partial charge in [0.2, 0.25) is 0 Å². The maximum absolute atomic E-state index is 12.8. The fraction of sp³-hybridized carbons (Fsp3) is 0.400. The van der Waals surface area contributed by atoms with Crippen LogP contribution in [0.15, 0.2) is 47.1 Å². The van der Waals surface area contributed by atoms with E-state index in [4.69, 9.17) is 9.15 Å². The lowest BCUT2D eigenvalue weighted by molar-refractivity contribution is -0.164. The number of benzene rings is 1. The summed E-state index contributed by atoms with van der Waals surface area (Å²) in [6.07, 6.45) is -1.24. The molecule has 0 saturated carbocycles. The van der Waals surface area contributed by atoms with E-state index < -0.39 is 25.2 Å². The van der Waals surface area contributed by atoms with Crippen LogP contribution in [-0.4, -0.2) is 54.0 Å². The molecule has 2 aromatic rings. The first kappa shape index (κ1) is 20.8. The molecule has 1 aromatic heterocycles. The molecule has 9 heteroatoms. The Morgan fingerprint density at radius 1 is 1.10 bits per heavy atom. The highest BCUT2D eigenvalue weighted by Gasteiger charge is 2.33. The normalized spacial score (nSPS) is 14.1. The van der Waals surface area contributed by atoms with E-state index in [0.29, 0.717) is 16.2 Å². The summed E-state index contributed by atoms with van der Waals surface area (Å²) >= 11 is 0. The van der Waals surface area contributed by atoms with Gasteiger partial charge < -0.3 is 19.0 Å². The van der Waals surface area contributed by atoms with Crippen molar-refractivity contribution in [2.75, 3.05) is 26.2 Å². The molecule has 0 N–H and O–H groups in total. The first-order chi connectivity index (χ1) is 13.8. The van der Waals surface area contributed by atoms with Crippen molar-refractivity contribution in [3.05, 3.63) is 54.0 Å². The minimum atomic E-state index is -4.54. The second-order valence-corrected chi connectivity index (χ2v) is 6.76. The molecule has 0 bridgehead atoms. The first-order valence-corrected chi connectivity index (χ1v) is 9.21. The number of furan rings is 1. The molecule has 0 spiro atoms. The molecule has 1 aliphatic rings. The van der Waals surface area contributed by atoms with Crippen molar-refractivity contribution in [1.82, 2.24) is 9.80 Å². The zero-order chi connectivity index (χ0) is 20.9. The summed E-state index contributed by atoms with van der Waals surface area (Å²) in [6.45, 7) is -0.806. The Hall–Kier alpha value is -2.97. The first-order valence-electron chi connectivity index (χ1n) is 9.21. The van der Waals surface area contributed by atoms with Gasteiger partial charge in [-0.2, -0.15) is 13.2 Å². The summed E-state index contributed by atoms with van der Waals surface area (Å²) in [7, 11) is 0. The average molecular weight is 410 g/mol. The molecular formula is C20H21F3N2O4. The van der Waals surface area contributed by atoms with E-state index in [1.807, 2.05) is 0 Å². The highest BCUT2D eigenvalue weighted by atomic mass is 19.4. The molecule has 0 atom stereocenters. The topological polar surface area (TPSA) is 63.0 Å². The molecule has 2 amide bonds. The number of alkyl halides is 3. The van der Waals surface area contributed by atoms with Crippen LogP contribution in [0.5, 0.6) is 5.75 Å². The number of halogens is 3. The highest BCUT2D eigenvalue weighted by Crippen LogP contribution is 2.20. The van der Waals surface area contributed by atoms with Crippen LogP contribution in [-0.2, 0) is 11.3 Å².